The zero-order valence-electron chi connectivity index (χ0n) is 9.25. The summed E-state index contributed by atoms with van der Waals surface area (Å²) in [5.74, 6) is -0.937. The van der Waals surface area contributed by atoms with E-state index < -0.39 is 5.92 Å². The second-order valence-corrected chi connectivity index (χ2v) is 3.97. The molecule has 0 fully saturated rings. The lowest BCUT2D eigenvalue weighted by atomic mass is 10.1. The largest absolute Gasteiger partial charge is 0.324 e. The minimum Gasteiger partial charge on any atom is -0.324 e. The fraction of sp³-hybridized carbons (Fsp3) is 0.333. The first-order valence-electron chi connectivity index (χ1n) is 5.05. The van der Waals surface area contributed by atoms with Gasteiger partial charge in [-0.3, -0.25) is 4.79 Å². The first-order chi connectivity index (χ1) is 7.58. The zero-order chi connectivity index (χ0) is 12.1. The highest BCUT2D eigenvalue weighted by molar-refractivity contribution is 6.33. The molecule has 1 atom stereocenters. The summed E-state index contributed by atoms with van der Waals surface area (Å²) in [4.78, 5) is 11.6. The number of nitrogens with one attached hydrogen (secondary N) is 1. The second kappa shape index (κ2) is 5.53. The molecule has 0 spiro atoms. The molecule has 1 amide bonds. The van der Waals surface area contributed by atoms with Crippen LogP contribution < -0.4 is 5.32 Å². The van der Waals surface area contributed by atoms with E-state index in [1.807, 2.05) is 19.1 Å². The van der Waals surface area contributed by atoms with Crippen LogP contribution in [0.4, 0.5) is 5.69 Å². The van der Waals surface area contributed by atoms with Gasteiger partial charge in [-0.1, -0.05) is 24.6 Å². The second-order valence-electron chi connectivity index (χ2n) is 3.56. The number of anilines is 1. The molecule has 4 heteroatoms. The number of aryl methyl sites for hydroxylation is 1. The van der Waals surface area contributed by atoms with Crippen molar-refractivity contribution >= 4 is 23.2 Å². The van der Waals surface area contributed by atoms with E-state index in [4.69, 9.17) is 16.9 Å². The molecule has 84 valence electrons. The average molecular weight is 237 g/mol. The molecule has 16 heavy (non-hydrogen) atoms. The number of halogens is 1. The first-order valence-corrected chi connectivity index (χ1v) is 5.43. The molecule has 0 saturated carbocycles. The van der Waals surface area contributed by atoms with Gasteiger partial charge in [-0.2, -0.15) is 5.26 Å². The molecule has 1 aromatic rings. The van der Waals surface area contributed by atoms with Gasteiger partial charge in [0.05, 0.1) is 16.8 Å². The highest BCUT2D eigenvalue weighted by atomic mass is 35.5. The van der Waals surface area contributed by atoms with Gasteiger partial charge in [-0.15, -0.1) is 0 Å². The van der Waals surface area contributed by atoms with Crippen molar-refractivity contribution in [3.05, 3.63) is 28.8 Å². The Morgan fingerprint density at radius 2 is 2.31 bits per heavy atom. The third kappa shape index (κ3) is 2.98. The number of benzene rings is 1. The van der Waals surface area contributed by atoms with E-state index >= 15 is 0 Å². The van der Waals surface area contributed by atoms with Gasteiger partial charge in [0.2, 0.25) is 5.91 Å². The maximum atomic E-state index is 11.6. The predicted octanol–water partition coefficient (Wildman–Crippen LogP) is 3.14. The number of carbonyl (C=O) groups is 1. The van der Waals surface area contributed by atoms with Crippen LogP contribution in [0.2, 0.25) is 5.02 Å². The van der Waals surface area contributed by atoms with Crippen LogP contribution in [0.3, 0.4) is 0 Å². The standard InChI is InChI=1S/C12H13ClN2O/c1-3-9(7-14)12(16)15-11-5-4-8(2)6-10(11)13/h4-6,9H,3H2,1-2H3,(H,15,16). The first kappa shape index (κ1) is 12.5. The molecule has 0 heterocycles. The SMILES string of the molecule is CCC(C#N)C(=O)Nc1ccc(C)cc1Cl. The van der Waals surface area contributed by atoms with Gasteiger partial charge < -0.3 is 5.32 Å². The van der Waals surface area contributed by atoms with E-state index in [2.05, 4.69) is 5.32 Å². The lowest BCUT2D eigenvalue weighted by Crippen LogP contribution is -2.21. The molecule has 0 aliphatic carbocycles. The number of rotatable bonds is 3. The molecule has 1 aromatic carbocycles. The van der Waals surface area contributed by atoms with Crippen molar-refractivity contribution < 1.29 is 4.79 Å². The Labute approximate surface area is 100 Å². The molecule has 1 rings (SSSR count). The summed E-state index contributed by atoms with van der Waals surface area (Å²) >= 11 is 5.97. The van der Waals surface area contributed by atoms with Crippen molar-refractivity contribution in [1.29, 1.82) is 5.26 Å². The summed E-state index contributed by atoms with van der Waals surface area (Å²) in [6.07, 6.45) is 0.492. The summed E-state index contributed by atoms with van der Waals surface area (Å²) in [6.45, 7) is 3.71. The minimum atomic E-state index is -0.627. The Balaban J connectivity index is 2.81. The molecular formula is C12H13ClN2O. The number of nitriles is 1. The Morgan fingerprint density at radius 3 is 2.81 bits per heavy atom. The summed E-state index contributed by atoms with van der Waals surface area (Å²) in [6, 6.07) is 7.31. The average Bonchev–Trinajstić information content (AvgIpc) is 2.24. The molecule has 0 aliphatic rings. The maximum absolute atomic E-state index is 11.6. The van der Waals surface area contributed by atoms with Gasteiger partial charge in [0, 0.05) is 0 Å². The van der Waals surface area contributed by atoms with Crippen LogP contribution in [0, 0.1) is 24.2 Å². The van der Waals surface area contributed by atoms with E-state index in [1.54, 1.807) is 19.1 Å². The monoisotopic (exact) mass is 236 g/mol. The highest BCUT2D eigenvalue weighted by Gasteiger charge is 2.16. The summed E-state index contributed by atoms with van der Waals surface area (Å²) in [5.41, 5.74) is 1.57. The number of carbonyl (C=O) groups excluding carboxylic acids is 1. The molecule has 0 bridgehead atoms. The lowest BCUT2D eigenvalue weighted by Gasteiger charge is -2.10. The molecule has 3 nitrogen and oxygen atoms in total. The molecule has 1 N–H and O–H groups in total. The Bertz CT molecular complexity index is 437. The lowest BCUT2D eigenvalue weighted by molar-refractivity contribution is -0.118. The molecule has 0 aromatic heterocycles. The van der Waals surface area contributed by atoms with E-state index in [1.165, 1.54) is 0 Å². The van der Waals surface area contributed by atoms with Gasteiger partial charge >= 0.3 is 0 Å². The van der Waals surface area contributed by atoms with Crippen molar-refractivity contribution in [2.24, 2.45) is 5.92 Å². The summed E-state index contributed by atoms with van der Waals surface area (Å²) in [7, 11) is 0. The topological polar surface area (TPSA) is 52.9 Å². The van der Waals surface area contributed by atoms with Crippen molar-refractivity contribution in [3.63, 3.8) is 0 Å². The molecule has 0 aliphatic heterocycles. The van der Waals surface area contributed by atoms with Crippen LogP contribution in [0.15, 0.2) is 18.2 Å². The fourth-order valence-electron chi connectivity index (χ4n) is 1.28. The van der Waals surface area contributed by atoms with Crippen LogP contribution in [-0.2, 0) is 4.79 Å². The molecule has 0 radical (unpaired) electrons. The number of hydrogen-bond acceptors (Lipinski definition) is 2. The van der Waals surface area contributed by atoms with Crippen molar-refractivity contribution in [2.45, 2.75) is 20.3 Å². The van der Waals surface area contributed by atoms with Gasteiger partial charge in [-0.25, -0.2) is 0 Å². The smallest absolute Gasteiger partial charge is 0.241 e. The molecular weight excluding hydrogens is 224 g/mol. The normalized spacial score (nSPS) is 11.6. The van der Waals surface area contributed by atoms with Crippen LogP contribution in [0.5, 0.6) is 0 Å². The predicted molar refractivity (Wildman–Crippen MR) is 64.2 cm³/mol. The molecule has 1 unspecified atom stereocenters. The summed E-state index contributed by atoms with van der Waals surface area (Å²) < 4.78 is 0. The zero-order valence-corrected chi connectivity index (χ0v) is 10.0. The van der Waals surface area contributed by atoms with Crippen LogP contribution in [0.25, 0.3) is 0 Å². The van der Waals surface area contributed by atoms with Crippen LogP contribution in [-0.4, -0.2) is 5.91 Å². The van der Waals surface area contributed by atoms with Crippen molar-refractivity contribution in [3.8, 4) is 6.07 Å². The summed E-state index contributed by atoms with van der Waals surface area (Å²) in [5, 5.41) is 11.9. The third-order valence-electron chi connectivity index (χ3n) is 2.26. The number of nitrogens with zero attached hydrogens (tertiary/aromatic N) is 1. The van der Waals surface area contributed by atoms with Crippen LogP contribution >= 0.6 is 11.6 Å². The van der Waals surface area contributed by atoms with E-state index in [0.717, 1.165) is 5.56 Å². The van der Waals surface area contributed by atoms with E-state index in [-0.39, 0.29) is 5.91 Å². The quantitative estimate of drug-likeness (QED) is 0.877. The minimum absolute atomic E-state index is 0.309. The number of hydrogen-bond donors (Lipinski definition) is 1. The van der Waals surface area contributed by atoms with E-state index in [9.17, 15) is 4.79 Å². The van der Waals surface area contributed by atoms with Gasteiger partial charge in [0.15, 0.2) is 0 Å². The Morgan fingerprint density at radius 1 is 1.62 bits per heavy atom. The number of amides is 1. The van der Waals surface area contributed by atoms with Crippen LogP contribution in [0.1, 0.15) is 18.9 Å². The van der Waals surface area contributed by atoms with Gasteiger partial charge in [0.25, 0.3) is 0 Å². The van der Waals surface area contributed by atoms with Crippen molar-refractivity contribution in [1.82, 2.24) is 0 Å². The maximum Gasteiger partial charge on any atom is 0.241 e. The van der Waals surface area contributed by atoms with E-state index in [0.29, 0.717) is 17.1 Å². The van der Waals surface area contributed by atoms with Crippen molar-refractivity contribution in [2.75, 3.05) is 5.32 Å². The molecule has 0 saturated heterocycles. The highest BCUT2D eigenvalue weighted by Crippen LogP contribution is 2.23. The fourth-order valence-corrected chi connectivity index (χ4v) is 1.56. The third-order valence-corrected chi connectivity index (χ3v) is 2.58. The Kier molecular flexibility index (Phi) is 4.33. The van der Waals surface area contributed by atoms with Gasteiger partial charge in [-0.05, 0) is 31.0 Å². The van der Waals surface area contributed by atoms with Gasteiger partial charge in [0.1, 0.15) is 5.92 Å². The Hall–Kier alpha value is -1.53.